The first kappa shape index (κ1) is 16.7. The van der Waals surface area contributed by atoms with Crippen molar-refractivity contribution in [2.75, 3.05) is 13.3 Å². The van der Waals surface area contributed by atoms with Gasteiger partial charge in [0.1, 0.15) is 11.4 Å². The number of carbonyl (C=O) groups excluding carboxylic acids is 1. The SMILES string of the molecule is C[C@@H](Oc1ccc2c(c1)OCO2)C(=O)N1CCc2[nH]nc(-c3ccno3)c2C1. The molecule has 1 atom stereocenters. The van der Waals surface area contributed by atoms with Crippen LogP contribution in [0.1, 0.15) is 18.2 Å². The highest BCUT2D eigenvalue weighted by Gasteiger charge is 2.30. The van der Waals surface area contributed by atoms with E-state index in [0.29, 0.717) is 48.2 Å². The van der Waals surface area contributed by atoms with E-state index in [9.17, 15) is 4.79 Å². The topological polar surface area (TPSA) is 103 Å². The zero-order valence-corrected chi connectivity index (χ0v) is 15.2. The monoisotopic (exact) mass is 382 g/mol. The number of amides is 1. The highest BCUT2D eigenvalue weighted by atomic mass is 16.7. The van der Waals surface area contributed by atoms with Crippen LogP contribution in [0.5, 0.6) is 17.2 Å². The van der Waals surface area contributed by atoms with Crippen LogP contribution in [0.15, 0.2) is 35.0 Å². The maximum absolute atomic E-state index is 12.9. The number of hydrogen-bond donors (Lipinski definition) is 1. The summed E-state index contributed by atoms with van der Waals surface area (Å²) in [5, 5.41) is 11.1. The van der Waals surface area contributed by atoms with Crippen molar-refractivity contribution in [2.45, 2.75) is 26.0 Å². The molecule has 0 spiro atoms. The Morgan fingerprint density at radius 1 is 1.29 bits per heavy atom. The predicted octanol–water partition coefficient (Wildman–Crippen LogP) is 2.15. The van der Waals surface area contributed by atoms with Gasteiger partial charge in [-0.2, -0.15) is 5.10 Å². The van der Waals surface area contributed by atoms with E-state index < -0.39 is 6.10 Å². The van der Waals surface area contributed by atoms with E-state index in [1.165, 1.54) is 0 Å². The van der Waals surface area contributed by atoms with Crippen molar-refractivity contribution in [1.29, 1.82) is 0 Å². The minimum atomic E-state index is -0.637. The maximum atomic E-state index is 12.9. The highest BCUT2D eigenvalue weighted by molar-refractivity contribution is 5.81. The van der Waals surface area contributed by atoms with Crippen LogP contribution in [-0.4, -0.2) is 45.6 Å². The van der Waals surface area contributed by atoms with E-state index in [2.05, 4.69) is 15.4 Å². The quantitative estimate of drug-likeness (QED) is 0.737. The first-order chi connectivity index (χ1) is 13.7. The number of nitrogens with one attached hydrogen (secondary N) is 1. The van der Waals surface area contributed by atoms with E-state index in [1.807, 2.05) is 0 Å². The van der Waals surface area contributed by atoms with Crippen LogP contribution in [0.3, 0.4) is 0 Å². The molecule has 5 rings (SSSR count). The molecule has 3 aromatic rings. The Kier molecular flexibility index (Phi) is 3.92. The number of benzene rings is 1. The summed E-state index contributed by atoms with van der Waals surface area (Å²) in [5.41, 5.74) is 2.65. The molecule has 1 aromatic carbocycles. The molecular formula is C19H18N4O5. The molecule has 144 valence electrons. The molecule has 1 amide bonds. The Morgan fingerprint density at radius 2 is 2.18 bits per heavy atom. The number of rotatable bonds is 4. The molecule has 2 aromatic heterocycles. The summed E-state index contributed by atoms with van der Waals surface area (Å²) in [6.07, 6.45) is 1.63. The molecule has 0 fully saturated rings. The van der Waals surface area contributed by atoms with E-state index in [-0.39, 0.29) is 12.7 Å². The lowest BCUT2D eigenvalue weighted by Crippen LogP contribution is -2.43. The Labute approximate surface area is 160 Å². The third kappa shape index (κ3) is 2.84. The van der Waals surface area contributed by atoms with Gasteiger partial charge < -0.3 is 23.6 Å². The lowest BCUT2D eigenvalue weighted by atomic mass is 10.0. The molecule has 0 aliphatic carbocycles. The molecule has 2 aliphatic heterocycles. The fourth-order valence-corrected chi connectivity index (χ4v) is 3.49. The van der Waals surface area contributed by atoms with Crippen LogP contribution >= 0.6 is 0 Å². The van der Waals surface area contributed by atoms with Crippen molar-refractivity contribution >= 4 is 5.91 Å². The smallest absolute Gasteiger partial charge is 0.263 e. The summed E-state index contributed by atoms with van der Waals surface area (Å²) in [7, 11) is 0. The summed E-state index contributed by atoms with van der Waals surface area (Å²) in [5.74, 6) is 2.35. The number of aromatic amines is 1. The molecule has 4 heterocycles. The van der Waals surface area contributed by atoms with Crippen LogP contribution < -0.4 is 14.2 Å². The number of carbonyl (C=O) groups is 1. The van der Waals surface area contributed by atoms with Crippen molar-refractivity contribution < 1.29 is 23.5 Å². The molecule has 0 saturated heterocycles. The van der Waals surface area contributed by atoms with Crippen LogP contribution in [0.4, 0.5) is 0 Å². The van der Waals surface area contributed by atoms with Gasteiger partial charge in [-0.05, 0) is 19.1 Å². The molecule has 1 N–H and O–H groups in total. The van der Waals surface area contributed by atoms with Crippen molar-refractivity contribution in [3.63, 3.8) is 0 Å². The van der Waals surface area contributed by atoms with Gasteiger partial charge in [0.25, 0.3) is 5.91 Å². The van der Waals surface area contributed by atoms with Gasteiger partial charge in [-0.25, -0.2) is 0 Å². The summed E-state index contributed by atoms with van der Waals surface area (Å²) >= 11 is 0. The zero-order chi connectivity index (χ0) is 19.1. The summed E-state index contributed by atoms with van der Waals surface area (Å²) in [6, 6.07) is 7.03. The van der Waals surface area contributed by atoms with Gasteiger partial charge >= 0.3 is 0 Å². The standard InChI is InChI=1S/C19H18N4O5/c1-11(27-12-2-3-15-17(8-12)26-10-25-15)19(24)23-7-5-14-13(9-23)18(22-21-14)16-4-6-20-28-16/h2-4,6,8,11H,5,7,9-10H2,1H3,(H,21,22)/t11-/m1/s1. The Balaban J connectivity index is 1.30. The summed E-state index contributed by atoms with van der Waals surface area (Å²) in [4.78, 5) is 14.7. The zero-order valence-electron chi connectivity index (χ0n) is 15.2. The number of ether oxygens (including phenoxy) is 3. The number of fused-ring (bicyclic) bond motifs is 2. The second-order valence-electron chi connectivity index (χ2n) is 6.69. The molecule has 9 heteroatoms. The molecule has 0 unspecified atom stereocenters. The van der Waals surface area contributed by atoms with Gasteiger partial charge in [0.15, 0.2) is 23.4 Å². The number of nitrogens with zero attached hydrogens (tertiary/aromatic N) is 3. The van der Waals surface area contributed by atoms with Gasteiger partial charge in [0.2, 0.25) is 6.79 Å². The summed E-state index contributed by atoms with van der Waals surface area (Å²) < 4.78 is 21.7. The fourth-order valence-electron chi connectivity index (χ4n) is 3.49. The van der Waals surface area contributed by atoms with Gasteiger partial charge in [-0.3, -0.25) is 9.89 Å². The molecule has 0 bridgehead atoms. The lowest BCUT2D eigenvalue weighted by Gasteiger charge is -2.29. The predicted molar refractivity (Wildman–Crippen MR) is 95.9 cm³/mol. The lowest BCUT2D eigenvalue weighted by molar-refractivity contribution is -0.138. The first-order valence-corrected chi connectivity index (χ1v) is 9.01. The van der Waals surface area contributed by atoms with E-state index >= 15 is 0 Å². The Morgan fingerprint density at radius 3 is 3.04 bits per heavy atom. The van der Waals surface area contributed by atoms with E-state index in [1.54, 1.807) is 42.3 Å². The van der Waals surface area contributed by atoms with Crippen LogP contribution in [0.25, 0.3) is 11.5 Å². The van der Waals surface area contributed by atoms with Crippen LogP contribution in [0.2, 0.25) is 0 Å². The van der Waals surface area contributed by atoms with Crippen LogP contribution in [-0.2, 0) is 17.8 Å². The van der Waals surface area contributed by atoms with Gasteiger partial charge in [0, 0.05) is 42.9 Å². The van der Waals surface area contributed by atoms with E-state index in [0.717, 1.165) is 11.3 Å². The molecule has 0 saturated carbocycles. The largest absolute Gasteiger partial charge is 0.481 e. The third-order valence-corrected chi connectivity index (χ3v) is 4.92. The average molecular weight is 382 g/mol. The fraction of sp³-hybridized carbons (Fsp3) is 0.316. The van der Waals surface area contributed by atoms with Crippen LogP contribution in [0, 0.1) is 0 Å². The molecule has 0 radical (unpaired) electrons. The van der Waals surface area contributed by atoms with Crippen molar-refractivity contribution in [3.05, 3.63) is 41.7 Å². The van der Waals surface area contributed by atoms with Crippen molar-refractivity contribution in [1.82, 2.24) is 20.3 Å². The minimum absolute atomic E-state index is 0.0898. The maximum Gasteiger partial charge on any atom is 0.263 e. The molecule has 2 aliphatic rings. The molecular weight excluding hydrogens is 364 g/mol. The summed E-state index contributed by atoms with van der Waals surface area (Å²) in [6.45, 7) is 2.98. The van der Waals surface area contributed by atoms with Gasteiger partial charge in [-0.15, -0.1) is 0 Å². The minimum Gasteiger partial charge on any atom is -0.481 e. The highest BCUT2D eigenvalue weighted by Crippen LogP contribution is 2.35. The number of aromatic nitrogens is 3. The van der Waals surface area contributed by atoms with Crippen molar-refractivity contribution in [2.24, 2.45) is 0 Å². The van der Waals surface area contributed by atoms with E-state index in [4.69, 9.17) is 18.7 Å². The third-order valence-electron chi connectivity index (χ3n) is 4.92. The number of H-pyrrole nitrogens is 1. The average Bonchev–Trinajstić information content (AvgIpc) is 3.45. The normalized spacial score (nSPS) is 16.0. The second-order valence-corrected chi connectivity index (χ2v) is 6.69. The van der Waals surface area contributed by atoms with Gasteiger partial charge in [-0.1, -0.05) is 5.16 Å². The second kappa shape index (κ2) is 6.59. The molecule has 9 nitrogen and oxygen atoms in total. The van der Waals surface area contributed by atoms with Crippen molar-refractivity contribution in [3.8, 4) is 28.7 Å². The first-order valence-electron chi connectivity index (χ1n) is 9.01. The Bertz CT molecular complexity index is 1010. The molecule has 28 heavy (non-hydrogen) atoms. The number of hydrogen-bond acceptors (Lipinski definition) is 7. The Hall–Kier alpha value is -3.49. The van der Waals surface area contributed by atoms with Gasteiger partial charge in [0.05, 0.1) is 6.20 Å².